The molecule has 0 spiro atoms. The number of carbonyl (C=O) groups excluding carboxylic acids is 2. The van der Waals surface area contributed by atoms with Gasteiger partial charge in [-0.2, -0.15) is 0 Å². The van der Waals surface area contributed by atoms with Gasteiger partial charge in [-0.05, 0) is 5.56 Å². The Bertz CT molecular complexity index is 469. The molecule has 0 aliphatic carbocycles. The van der Waals surface area contributed by atoms with Crippen molar-refractivity contribution in [3.8, 4) is 0 Å². The van der Waals surface area contributed by atoms with E-state index in [9.17, 15) is 9.59 Å². The SMILES string of the molecule is COC(=O)[C@@H]1CN(C(=O)OCc2ccccc2)CCN1.Cl. The summed E-state index contributed by atoms with van der Waals surface area (Å²) in [6, 6.07) is 8.98. The number of nitrogens with one attached hydrogen (secondary N) is 1. The van der Waals surface area contributed by atoms with Crippen molar-refractivity contribution in [3.05, 3.63) is 35.9 Å². The quantitative estimate of drug-likeness (QED) is 0.849. The van der Waals surface area contributed by atoms with Crippen molar-refractivity contribution < 1.29 is 19.1 Å². The summed E-state index contributed by atoms with van der Waals surface area (Å²) in [5.74, 6) is -0.370. The van der Waals surface area contributed by atoms with Crippen molar-refractivity contribution in [1.29, 1.82) is 0 Å². The first-order valence-electron chi connectivity index (χ1n) is 6.47. The standard InChI is InChI=1S/C14H18N2O4.ClH/c1-19-13(17)12-9-16(8-7-15-12)14(18)20-10-11-5-3-2-4-6-11;/h2-6,12,15H,7-10H2,1H3;1H/t12-;/m0./s1. The molecule has 1 saturated heterocycles. The van der Waals surface area contributed by atoms with Gasteiger partial charge in [0.05, 0.1) is 13.7 Å². The monoisotopic (exact) mass is 314 g/mol. The summed E-state index contributed by atoms with van der Waals surface area (Å²) in [5, 5.41) is 3.00. The van der Waals surface area contributed by atoms with Crippen LogP contribution in [0.15, 0.2) is 30.3 Å². The second-order valence-electron chi connectivity index (χ2n) is 4.52. The van der Waals surface area contributed by atoms with Gasteiger partial charge in [0.15, 0.2) is 0 Å². The summed E-state index contributed by atoms with van der Waals surface area (Å²) < 4.78 is 9.90. The highest BCUT2D eigenvalue weighted by Crippen LogP contribution is 2.06. The zero-order chi connectivity index (χ0) is 14.4. The fraction of sp³-hybridized carbons (Fsp3) is 0.429. The summed E-state index contributed by atoms with van der Waals surface area (Å²) in [6.45, 7) is 1.55. The molecule has 116 valence electrons. The molecular formula is C14H19ClN2O4. The molecule has 1 atom stereocenters. The molecule has 1 aliphatic rings. The molecule has 1 N–H and O–H groups in total. The van der Waals surface area contributed by atoms with Crippen LogP contribution in [0.4, 0.5) is 4.79 Å². The van der Waals surface area contributed by atoms with Gasteiger partial charge in [-0.25, -0.2) is 4.79 Å². The number of hydrogen-bond donors (Lipinski definition) is 1. The molecule has 0 saturated carbocycles. The van der Waals surface area contributed by atoms with E-state index in [1.54, 1.807) is 0 Å². The normalized spacial score (nSPS) is 17.6. The molecule has 1 fully saturated rings. The molecule has 0 aromatic heterocycles. The molecule has 0 unspecified atom stereocenters. The van der Waals surface area contributed by atoms with E-state index in [2.05, 4.69) is 10.1 Å². The second-order valence-corrected chi connectivity index (χ2v) is 4.52. The fourth-order valence-electron chi connectivity index (χ4n) is 2.03. The molecule has 6 nitrogen and oxygen atoms in total. The predicted octanol–water partition coefficient (Wildman–Crippen LogP) is 1.19. The van der Waals surface area contributed by atoms with Gasteiger partial charge in [-0.15, -0.1) is 12.4 Å². The summed E-state index contributed by atoms with van der Waals surface area (Å²) >= 11 is 0. The highest BCUT2D eigenvalue weighted by molar-refractivity contribution is 5.85. The second kappa shape index (κ2) is 8.49. The lowest BCUT2D eigenvalue weighted by atomic mass is 10.2. The van der Waals surface area contributed by atoms with E-state index in [1.807, 2.05) is 30.3 Å². The lowest BCUT2D eigenvalue weighted by Crippen LogP contribution is -2.56. The van der Waals surface area contributed by atoms with Crippen LogP contribution in [0.25, 0.3) is 0 Å². The predicted molar refractivity (Wildman–Crippen MR) is 79.3 cm³/mol. The number of carbonyl (C=O) groups is 2. The van der Waals surface area contributed by atoms with Crippen molar-refractivity contribution in [1.82, 2.24) is 10.2 Å². The van der Waals surface area contributed by atoms with Gasteiger partial charge < -0.3 is 19.7 Å². The third kappa shape index (κ3) is 4.91. The average molecular weight is 315 g/mol. The molecule has 1 heterocycles. The minimum Gasteiger partial charge on any atom is -0.468 e. The van der Waals surface area contributed by atoms with Gasteiger partial charge in [0.2, 0.25) is 0 Å². The van der Waals surface area contributed by atoms with Crippen LogP contribution in [0.5, 0.6) is 0 Å². The van der Waals surface area contributed by atoms with E-state index in [-0.39, 0.29) is 31.5 Å². The van der Waals surface area contributed by atoms with Gasteiger partial charge in [-0.1, -0.05) is 30.3 Å². The topological polar surface area (TPSA) is 67.9 Å². The van der Waals surface area contributed by atoms with Crippen LogP contribution in [0.1, 0.15) is 5.56 Å². The Hall–Kier alpha value is -1.79. The third-order valence-electron chi connectivity index (χ3n) is 3.12. The Balaban J connectivity index is 0.00000220. The molecule has 1 aromatic carbocycles. The zero-order valence-corrected chi connectivity index (χ0v) is 12.6. The van der Waals surface area contributed by atoms with Gasteiger partial charge in [0.25, 0.3) is 0 Å². The number of nitrogens with zero attached hydrogens (tertiary/aromatic N) is 1. The van der Waals surface area contributed by atoms with Crippen molar-refractivity contribution in [2.24, 2.45) is 0 Å². The summed E-state index contributed by atoms with van der Waals surface area (Å²) in [5.41, 5.74) is 0.931. The van der Waals surface area contributed by atoms with Crippen molar-refractivity contribution in [3.63, 3.8) is 0 Å². The highest BCUT2D eigenvalue weighted by atomic mass is 35.5. The Morgan fingerprint density at radius 2 is 2.05 bits per heavy atom. The van der Waals surface area contributed by atoms with Crippen molar-refractivity contribution in [2.45, 2.75) is 12.6 Å². The Kier molecular flexibility index (Phi) is 6.98. The average Bonchev–Trinajstić information content (AvgIpc) is 2.53. The number of ether oxygens (including phenoxy) is 2. The van der Waals surface area contributed by atoms with Crippen molar-refractivity contribution >= 4 is 24.5 Å². The number of halogens is 1. The summed E-state index contributed by atoms with van der Waals surface area (Å²) in [4.78, 5) is 24.9. The minimum atomic E-state index is -0.488. The summed E-state index contributed by atoms with van der Waals surface area (Å²) in [7, 11) is 1.33. The molecule has 1 amide bonds. The Morgan fingerprint density at radius 1 is 1.33 bits per heavy atom. The van der Waals surface area contributed by atoms with Crippen LogP contribution in [-0.4, -0.2) is 49.7 Å². The Labute approximate surface area is 129 Å². The number of rotatable bonds is 3. The van der Waals surface area contributed by atoms with E-state index >= 15 is 0 Å². The lowest BCUT2D eigenvalue weighted by molar-refractivity contribution is -0.144. The van der Waals surface area contributed by atoms with E-state index in [1.165, 1.54) is 12.0 Å². The molecule has 1 aromatic rings. The van der Waals surface area contributed by atoms with Crippen LogP contribution < -0.4 is 5.32 Å². The van der Waals surface area contributed by atoms with Crippen LogP contribution >= 0.6 is 12.4 Å². The number of esters is 1. The van der Waals surface area contributed by atoms with Crippen molar-refractivity contribution in [2.75, 3.05) is 26.7 Å². The maximum Gasteiger partial charge on any atom is 0.410 e. The van der Waals surface area contributed by atoms with Crippen LogP contribution in [0.2, 0.25) is 0 Å². The van der Waals surface area contributed by atoms with E-state index in [0.29, 0.717) is 13.1 Å². The van der Waals surface area contributed by atoms with Gasteiger partial charge in [0, 0.05) is 13.1 Å². The van der Waals surface area contributed by atoms with E-state index in [4.69, 9.17) is 4.74 Å². The summed E-state index contributed by atoms with van der Waals surface area (Å²) in [6.07, 6.45) is -0.413. The van der Waals surface area contributed by atoms with Crippen LogP contribution in [0.3, 0.4) is 0 Å². The first-order valence-corrected chi connectivity index (χ1v) is 6.47. The lowest BCUT2D eigenvalue weighted by Gasteiger charge is -2.31. The number of piperazine rings is 1. The molecule has 0 radical (unpaired) electrons. The van der Waals surface area contributed by atoms with Crippen LogP contribution in [0, 0.1) is 0 Å². The highest BCUT2D eigenvalue weighted by Gasteiger charge is 2.29. The third-order valence-corrected chi connectivity index (χ3v) is 3.12. The smallest absolute Gasteiger partial charge is 0.410 e. The first-order chi connectivity index (χ1) is 9.70. The molecule has 1 aliphatic heterocycles. The van der Waals surface area contributed by atoms with Gasteiger partial charge in [-0.3, -0.25) is 4.79 Å². The van der Waals surface area contributed by atoms with Crippen LogP contribution in [-0.2, 0) is 20.9 Å². The molecule has 7 heteroatoms. The zero-order valence-electron chi connectivity index (χ0n) is 11.8. The minimum absolute atomic E-state index is 0. The van der Waals surface area contributed by atoms with Gasteiger partial charge >= 0.3 is 12.1 Å². The number of amides is 1. The first kappa shape index (κ1) is 17.3. The van der Waals surface area contributed by atoms with E-state index in [0.717, 1.165) is 5.56 Å². The van der Waals surface area contributed by atoms with E-state index < -0.39 is 12.1 Å². The maximum atomic E-state index is 12.0. The molecular weight excluding hydrogens is 296 g/mol. The molecule has 2 rings (SSSR count). The number of hydrogen-bond acceptors (Lipinski definition) is 5. The maximum absolute atomic E-state index is 12.0. The van der Waals surface area contributed by atoms with Gasteiger partial charge in [0.1, 0.15) is 12.6 Å². The molecule has 0 bridgehead atoms. The largest absolute Gasteiger partial charge is 0.468 e. The Morgan fingerprint density at radius 3 is 2.71 bits per heavy atom. The number of methoxy groups -OCH3 is 1. The molecule has 21 heavy (non-hydrogen) atoms. The number of benzene rings is 1. The fourth-order valence-corrected chi connectivity index (χ4v) is 2.03.